The van der Waals surface area contributed by atoms with Crippen LogP contribution in [0.25, 0.3) is 0 Å². The van der Waals surface area contributed by atoms with E-state index in [4.69, 9.17) is 0 Å². The van der Waals surface area contributed by atoms with E-state index < -0.39 is 0 Å². The summed E-state index contributed by atoms with van der Waals surface area (Å²) in [5, 5.41) is 5.72. The van der Waals surface area contributed by atoms with E-state index in [-0.39, 0.29) is 18.0 Å². The number of nitrogens with one attached hydrogen (secondary N) is 2. The zero-order valence-corrected chi connectivity index (χ0v) is 15.3. The number of likely N-dealkylation sites (tertiary alicyclic amines) is 1. The van der Waals surface area contributed by atoms with Crippen LogP contribution in [0.15, 0.2) is 49.1 Å². The Balaban J connectivity index is 1.51. The summed E-state index contributed by atoms with van der Waals surface area (Å²) in [7, 11) is 0. The van der Waals surface area contributed by atoms with Gasteiger partial charge in [0.2, 0.25) is 0 Å². The van der Waals surface area contributed by atoms with Gasteiger partial charge < -0.3 is 15.5 Å². The fourth-order valence-corrected chi connectivity index (χ4v) is 3.33. The van der Waals surface area contributed by atoms with Crippen LogP contribution >= 0.6 is 0 Å². The average Bonchev–Trinajstić information content (AvgIpc) is 2.98. The molecule has 142 valence electrons. The first-order chi connectivity index (χ1) is 13.3. The molecule has 0 spiro atoms. The number of hydrogen-bond acceptors (Lipinski definition) is 4. The van der Waals surface area contributed by atoms with E-state index in [1.165, 1.54) is 6.20 Å². The highest BCUT2D eigenvalue weighted by Crippen LogP contribution is 2.29. The van der Waals surface area contributed by atoms with E-state index in [1.54, 1.807) is 30.7 Å². The number of nitrogens with zero attached hydrogens (tertiary/aromatic N) is 3. The Morgan fingerprint density at radius 2 is 1.81 bits per heavy atom. The Bertz CT molecular complexity index is 739. The molecule has 3 amide bonds. The minimum atomic E-state index is -0.193. The molecule has 1 atom stereocenters. The van der Waals surface area contributed by atoms with Crippen molar-refractivity contribution >= 4 is 11.9 Å². The van der Waals surface area contributed by atoms with Gasteiger partial charge in [0, 0.05) is 44.4 Å². The normalized spacial score (nSPS) is 17.0. The van der Waals surface area contributed by atoms with Crippen LogP contribution in [-0.4, -0.2) is 46.4 Å². The maximum Gasteiger partial charge on any atom is 0.317 e. The summed E-state index contributed by atoms with van der Waals surface area (Å²) in [5.41, 5.74) is 1.63. The van der Waals surface area contributed by atoms with Crippen molar-refractivity contribution in [2.45, 2.75) is 31.7 Å². The number of hydrogen-bond donors (Lipinski definition) is 2. The van der Waals surface area contributed by atoms with Crippen molar-refractivity contribution in [2.75, 3.05) is 19.6 Å². The summed E-state index contributed by atoms with van der Waals surface area (Å²) >= 11 is 0. The molecule has 0 aliphatic carbocycles. The van der Waals surface area contributed by atoms with Crippen LogP contribution < -0.4 is 10.6 Å². The van der Waals surface area contributed by atoms with Crippen molar-refractivity contribution in [3.8, 4) is 0 Å². The molecular weight excluding hydrogens is 342 g/mol. The molecule has 3 heterocycles. The van der Waals surface area contributed by atoms with Crippen molar-refractivity contribution in [3.63, 3.8) is 0 Å². The second-order valence-corrected chi connectivity index (χ2v) is 6.57. The van der Waals surface area contributed by atoms with Crippen LogP contribution in [0, 0.1) is 0 Å². The largest absolute Gasteiger partial charge is 0.350 e. The van der Waals surface area contributed by atoms with Crippen molar-refractivity contribution in [1.82, 2.24) is 25.5 Å². The van der Waals surface area contributed by atoms with Crippen LogP contribution in [0.3, 0.4) is 0 Å². The Hall–Kier alpha value is -2.96. The lowest BCUT2D eigenvalue weighted by atomic mass is 10.0. The molecule has 1 aliphatic heterocycles. The summed E-state index contributed by atoms with van der Waals surface area (Å²) in [4.78, 5) is 34.6. The summed E-state index contributed by atoms with van der Waals surface area (Å²) < 4.78 is 0. The number of urea groups is 1. The Morgan fingerprint density at radius 3 is 2.59 bits per heavy atom. The first-order valence-corrected chi connectivity index (χ1v) is 9.38. The molecule has 7 heteroatoms. The Kier molecular flexibility index (Phi) is 6.73. The predicted molar refractivity (Wildman–Crippen MR) is 102 cm³/mol. The van der Waals surface area contributed by atoms with Crippen LogP contribution in [0.5, 0.6) is 0 Å². The first-order valence-electron chi connectivity index (χ1n) is 9.38. The highest BCUT2D eigenvalue weighted by Gasteiger charge is 2.26. The van der Waals surface area contributed by atoms with E-state index in [0.717, 1.165) is 37.8 Å². The topological polar surface area (TPSA) is 87.2 Å². The SMILES string of the molecule is O=C(NCCNC(=O)N1CCCCCC1c1ccncc1)c1cccnc1. The maximum atomic E-state index is 12.7. The zero-order valence-electron chi connectivity index (χ0n) is 15.3. The van der Waals surface area contributed by atoms with E-state index in [2.05, 4.69) is 20.6 Å². The number of aromatic nitrogens is 2. The van der Waals surface area contributed by atoms with Gasteiger partial charge >= 0.3 is 6.03 Å². The monoisotopic (exact) mass is 367 g/mol. The molecule has 2 aromatic rings. The standard InChI is InChI=1S/C20H25N5O2/c26-19(17-5-4-9-22-15-17)23-12-13-24-20(27)25-14-3-1-2-6-18(25)16-7-10-21-11-8-16/h4-5,7-11,15,18H,1-3,6,12-14H2,(H,23,26)(H,24,27). The predicted octanol–water partition coefficient (Wildman–Crippen LogP) is 2.53. The van der Waals surface area contributed by atoms with Gasteiger partial charge in [0.1, 0.15) is 0 Å². The van der Waals surface area contributed by atoms with Gasteiger partial charge in [-0.25, -0.2) is 4.79 Å². The summed E-state index contributed by atoms with van der Waals surface area (Å²) in [5.74, 6) is -0.193. The number of rotatable bonds is 5. The zero-order chi connectivity index (χ0) is 18.9. The van der Waals surface area contributed by atoms with Gasteiger partial charge in [0.25, 0.3) is 5.91 Å². The summed E-state index contributed by atoms with van der Waals surface area (Å²) in [6, 6.07) is 7.36. The van der Waals surface area contributed by atoms with Gasteiger partial charge in [-0.3, -0.25) is 14.8 Å². The molecule has 2 N–H and O–H groups in total. The third-order valence-electron chi connectivity index (χ3n) is 4.72. The van der Waals surface area contributed by atoms with Gasteiger partial charge in [-0.15, -0.1) is 0 Å². The number of carbonyl (C=O) groups excluding carboxylic acids is 2. The van der Waals surface area contributed by atoms with Gasteiger partial charge in [-0.2, -0.15) is 0 Å². The molecule has 0 aromatic carbocycles. The molecule has 1 fully saturated rings. The lowest BCUT2D eigenvalue weighted by Gasteiger charge is -2.30. The molecule has 1 aliphatic rings. The molecule has 7 nitrogen and oxygen atoms in total. The molecule has 3 rings (SSSR count). The third-order valence-corrected chi connectivity index (χ3v) is 4.72. The molecule has 1 unspecified atom stereocenters. The molecule has 0 radical (unpaired) electrons. The summed E-state index contributed by atoms with van der Waals surface area (Å²) in [6.07, 6.45) is 10.9. The Labute approximate surface area is 159 Å². The van der Waals surface area contributed by atoms with Crippen molar-refractivity contribution in [1.29, 1.82) is 0 Å². The van der Waals surface area contributed by atoms with E-state index in [9.17, 15) is 9.59 Å². The lowest BCUT2D eigenvalue weighted by Crippen LogP contribution is -2.44. The van der Waals surface area contributed by atoms with Crippen molar-refractivity contribution < 1.29 is 9.59 Å². The Morgan fingerprint density at radius 1 is 1.00 bits per heavy atom. The van der Waals surface area contributed by atoms with Gasteiger partial charge in [0.15, 0.2) is 0 Å². The van der Waals surface area contributed by atoms with Crippen LogP contribution in [-0.2, 0) is 0 Å². The van der Waals surface area contributed by atoms with E-state index in [1.807, 2.05) is 17.0 Å². The minimum absolute atomic E-state index is 0.0699. The molecule has 1 saturated heterocycles. The second kappa shape index (κ2) is 9.66. The van der Waals surface area contributed by atoms with Crippen LogP contribution in [0.2, 0.25) is 0 Å². The molecular formula is C20H25N5O2. The minimum Gasteiger partial charge on any atom is -0.350 e. The fraction of sp³-hybridized carbons (Fsp3) is 0.400. The number of amides is 3. The highest BCUT2D eigenvalue weighted by molar-refractivity contribution is 5.93. The molecule has 27 heavy (non-hydrogen) atoms. The van der Waals surface area contributed by atoms with Crippen molar-refractivity contribution in [2.24, 2.45) is 0 Å². The molecule has 0 saturated carbocycles. The quantitative estimate of drug-likeness (QED) is 0.795. The smallest absolute Gasteiger partial charge is 0.317 e. The maximum absolute atomic E-state index is 12.7. The van der Waals surface area contributed by atoms with Crippen molar-refractivity contribution in [3.05, 3.63) is 60.2 Å². The van der Waals surface area contributed by atoms with Crippen LogP contribution in [0.4, 0.5) is 4.79 Å². The van der Waals surface area contributed by atoms with Gasteiger partial charge in [-0.1, -0.05) is 12.8 Å². The molecule has 2 aromatic heterocycles. The van der Waals surface area contributed by atoms with Gasteiger partial charge in [-0.05, 0) is 42.7 Å². The van der Waals surface area contributed by atoms with E-state index in [0.29, 0.717) is 18.7 Å². The lowest BCUT2D eigenvalue weighted by molar-refractivity contribution is 0.0953. The van der Waals surface area contributed by atoms with E-state index >= 15 is 0 Å². The second-order valence-electron chi connectivity index (χ2n) is 6.57. The fourth-order valence-electron chi connectivity index (χ4n) is 3.33. The highest BCUT2D eigenvalue weighted by atomic mass is 16.2. The number of pyridine rings is 2. The molecule has 0 bridgehead atoms. The third kappa shape index (κ3) is 5.26. The van der Waals surface area contributed by atoms with Gasteiger partial charge in [0.05, 0.1) is 11.6 Å². The van der Waals surface area contributed by atoms with Crippen LogP contribution in [0.1, 0.15) is 47.6 Å². The number of carbonyl (C=O) groups is 2. The summed E-state index contributed by atoms with van der Waals surface area (Å²) in [6.45, 7) is 1.48. The first kappa shape index (κ1) is 18.8. The average molecular weight is 367 g/mol.